The molecule has 1 heterocycles. The van der Waals surface area contributed by atoms with E-state index in [2.05, 4.69) is 26.2 Å². The Kier molecular flexibility index (Phi) is 4.10. The van der Waals surface area contributed by atoms with Crippen LogP contribution in [0.25, 0.3) is 0 Å². The molecule has 2 unspecified atom stereocenters. The summed E-state index contributed by atoms with van der Waals surface area (Å²) in [6.07, 6.45) is 4.33. The third-order valence-corrected chi connectivity index (χ3v) is 3.97. The molecule has 2 rings (SSSR count). The quantitative estimate of drug-likeness (QED) is 0.872. The van der Waals surface area contributed by atoms with Crippen LogP contribution in [0.1, 0.15) is 29.8 Å². The fourth-order valence-corrected chi connectivity index (χ4v) is 2.94. The monoisotopic (exact) mass is 300 g/mol. The van der Waals surface area contributed by atoms with Crippen LogP contribution in [0.2, 0.25) is 0 Å². The molecule has 0 aromatic carbocycles. The number of alkyl halides is 1. The van der Waals surface area contributed by atoms with Crippen molar-refractivity contribution in [2.24, 2.45) is 5.92 Å². The van der Waals surface area contributed by atoms with E-state index in [0.29, 0.717) is 5.92 Å². The van der Waals surface area contributed by atoms with Crippen molar-refractivity contribution in [2.75, 3.05) is 5.33 Å². The van der Waals surface area contributed by atoms with Crippen LogP contribution < -0.4 is 5.32 Å². The molecule has 0 bridgehead atoms. The Morgan fingerprint density at radius 2 is 2.35 bits per heavy atom. The summed E-state index contributed by atoms with van der Waals surface area (Å²) in [5, 5.41) is 3.86. The number of nitrogens with zero attached hydrogens (tertiary/aromatic N) is 1. The van der Waals surface area contributed by atoms with Crippen LogP contribution in [0.4, 0.5) is 4.39 Å². The summed E-state index contributed by atoms with van der Waals surface area (Å²) in [7, 11) is 0. The van der Waals surface area contributed by atoms with Crippen molar-refractivity contribution in [3.63, 3.8) is 0 Å². The van der Waals surface area contributed by atoms with Gasteiger partial charge in [-0.15, -0.1) is 0 Å². The number of pyridine rings is 1. The van der Waals surface area contributed by atoms with Gasteiger partial charge in [-0.05, 0) is 30.9 Å². The molecule has 0 spiro atoms. The molecule has 1 aromatic heterocycles. The second-order valence-corrected chi connectivity index (χ2v) is 4.93. The summed E-state index contributed by atoms with van der Waals surface area (Å²) < 4.78 is 12.7. The molecular formula is C12H14BrFN2O. The van der Waals surface area contributed by atoms with Gasteiger partial charge in [-0.1, -0.05) is 22.4 Å². The van der Waals surface area contributed by atoms with Crippen molar-refractivity contribution in [1.29, 1.82) is 0 Å². The van der Waals surface area contributed by atoms with Gasteiger partial charge in [0.25, 0.3) is 5.91 Å². The Morgan fingerprint density at radius 1 is 1.53 bits per heavy atom. The second-order valence-electron chi connectivity index (χ2n) is 4.29. The number of nitrogens with one attached hydrogen (secondary N) is 1. The standard InChI is InChI=1S/C12H14BrFN2O/c13-6-8-2-1-3-10(8)16-12(17)11-5-4-9(14)7-15-11/h4-5,7-8,10H,1-3,6H2,(H,16,17). The maximum Gasteiger partial charge on any atom is 0.270 e. The zero-order valence-electron chi connectivity index (χ0n) is 9.33. The fraction of sp³-hybridized carbons (Fsp3) is 0.500. The molecule has 1 aliphatic carbocycles. The Bertz CT molecular complexity index is 396. The molecular weight excluding hydrogens is 287 g/mol. The molecule has 1 aliphatic rings. The predicted octanol–water partition coefficient (Wildman–Crippen LogP) is 2.51. The predicted molar refractivity (Wildman–Crippen MR) is 66.6 cm³/mol. The third kappa shape index (κ3) is 3.03. The summed E-state index contributed by atoms with van der Waals surface area (Å²) in [4.78, 5) is 15.6. The highest BCUT2D eigenvalue weighted by Crippen LogP contribution is 2.27. The Labute approximate surface area is 108 Å². The molecule has 0 radical (unpaired) electrons. The van der Waals surface area contributed by atoms with Gasteiger partial charge in [0, 0.05) is 11.4 Å². The average molecular weight is 301 g/mol. The summed E-state index contributed by atoms with van der Waals surface area (Å²) in [5.41, 5.74) is 0.270. The zero-order chi connectivity index (χ0) is 12.3. The molecule has 1 amide bonds. The molecule has 0 aliphatic heterocycles. The van der Waals surface area contributed by atoms with Crippen LogP contribution in [-0.4, -0.2) is 22.3 Å². The number of halogens is 2. The minimum atomic E-state index is -0.430. The lowest BCUT2D eigenvalue weighted by molar-refractivity contribution is 0.0925. The first-order valence-electron chi connectivity index (χ1n) is 5.69. The maximum absolute atomic E-state index is 12.7. The molecule has 3 nitrogen and oxygen atoms in total. The number of amides is 1. The molecule has 1 saturated carbocycles. The molecule has 1 aromatic rings. The van der Waals surface area contributed by atoms with Crippen molar-refractivity contribution < 1.29 is 9.18 Å². The van der Waals surface area contributed by atoms with Crippen LogP contribution in [0.15, 0.2) is 18.3 Å². The summed E-state index contributed by atoms with van der Waals surface area (Å²) in [5.74, 6) is -0.164. The Balaban J connectivity index is 1.99. The van der Waals surface area contributed by atoms with Gasteiger partial charge >= 0.3 is 0 Å². The van der Waals surface area contributed by atoms with E-state index in [4.69, 9.17) is 0 Å². The molecule has 5 heteroatoms. The minimum Gasteiger partial charge on any atom is -0.348 e. The average Bonchev–Trinajstić information content (AvgIpc) is 2.77. The lowest BCUT2D eigenvalue weighted by atomic mass is 10.1. The van der Waals surface area contributed by atoms with E-state index in [-0.39, 0.29) is 17.6 Å². The normalized spacial score (nSPS) is 23.6. The van der Waals surface area contributed by atoms with Crippen molar-refractivity contribution in [1.82, 2.24) is 10.3 Å². The first-order chi connectivity index (χ1) is 8.20. The molecule has 92 valence electrons. The fourth-order valence-electron chi connectivity index (χ4n) is 2.16. The third-order valence-electron chi connectivity index (χ3n) is 3.13. The highest BCUT2D eigenvalue weighted by Gasteiger charge is 2.27. The van der Waals surface area contributed by atoms with Crippen LogP contribution in [0, 0.1) is 11.7 Å². The Morgan fingerprint density at radius 3 is 3.00 bits per heavy atom. The van der Waals surface area contributed by atoms with E-state index >= 15 is 0 Å². The zero-order valence-corrected chi connectivity index (χ0v) is 10.9. The maximum atomic E-state index is 12.7. The first kappa shape index (κ1) is 12.5. The summed E-state index contributed by atoms with van der Waals surface area (Å²) in [6, 6.07) is 2.86. The van der Waals surface area contributed by atoms with E-state index in [1.165, 1.54) is 12.1 Å². The minimum absolute atomic E-state index is 0.203. The molecule has 1 fully saturated rings. The van der Waals surface area contributed by atoms with Crippen molar-refractivity contribution >= 4 is 21.8 Å². The molecule has 17 heavy (non-hydrogen) atoms. The topological polar surface area (TPSA) is 42.0 Å². The smallest absolute Gasteiger partial charge is 0.270 e. The van der Waals surface area contributed by atoms with Crippen molar-refractivity contribution in [3.05, 3.63) is 29.8 Å². The summed E-state index contributed by atoms with van der Waals surface area (Å²) in [6.45, 7) is 0. The number of carbonyl (C=O) groups is 1. The van der Waals surface area contributed by atoms with Crippen LogP contribution >= 0.6 is 15.9 Å². The second kappa shape index (κ2) is 5.58. The van der Waals surface area contributed by atoms with Gasteiger partial charge in [0.05, 0.1) is 6.20 Å². The van der Waals surface area contributed by atoms with Crippen LogP contribution in [0.3, 0.4) is 0 Å². The summed E-state index contributed by atoms with van der Waals surface area (Å²) >= 11 is 3.46. The van der Waals surface area contributed by atoms with Gasteiger partial charge in [0.1, 0.15) is 11.5 Å². The van der Waals surface area contributed by atoms with E-state index in [9.17, 15) is 9.18 Å². The van der Waals surface area contributed by atoms with Gasteiger partial charge in [-0.2, -0.15) is 0 Å². The SMILES string of the molecule is O=C(NC1CCCC1CBr)c1ccc(F)cn1. The van der Waals surface area contributed by atoms with Gasteiger partial charge < -0.3 is 5.32 Å². The van der Waals surface area contributed by atoms with Crippen LogP contribution in [-0.2, 0) is 0 Å². The van der Waals surface area contributed by atoms with Gasteiger partial charge in [0.2, 0.25) is 0 Å². The highest BCUT2D eigenvalue weighted by molar-refractivity contribution is 9.09. The first-order valence-corrected chi connectivity index (χ1v) is 6.81. The number of carbonyl (C=O) groups excluding carboxylic acids is 1. The van der Waals surface area contributed by atoms with E-state index in [1.807, 2.05) is 0 Å². The number of rotatable bonds is 3. The number of hydrogen-bond acceptors (Lipinski definition) is 2. The van der Waals surface area contributed by atoms with E-state index in [0.717, 1.165) is 30.8 Å². The van der Waals surface area contributed by atoms with Crippen LogP contribution in [0.5, 0.6) is 0 Å². The van der Waals surface area contributed by atoms with E-state index in [1.54, 1.807) is 0 Å². The Hall–Kier alpha value is -0.970. The van der Waals surface area contributed by atoms with Crippen molar-refractivity contribution in [3.8, 4) is 0 Å². The molecule has 0 saturated heterocycles. The van der Waals surface area contributed by atoms with Crippen molar-refractivity contribution in [2.45, 2.75) is 25.3 Å². The van der Waals surface area contributed by atoms with Gasteiger partial charge in [-0.3, -0.25) is 4.79 Å². The number of hydrogen-bond donors (Lipinski definition) is 1. The molecule has 1 N–H and O–H groups in total. The lowest BCUT2D eigenvalue weighted by Crippen LogP contribution is -2.38. The molecule has 2 atom stereocenters. The van der Waals surface area contributed by atoms with E-state index < -0.39 is 5.82 Å². The number of aromatic nitrogens is 1. The lowest BCUT2D eigenvalue weighted by Gasteiger charge is -2.18. The van der Waals surface area contributed by atoms with Gasteiger partial charge in [0.15, 0.2) is 0 Å². The van der Waals surface area contributed by atoms with Gasteiger partial charge in [-0.25, -0.2) is 9.37 Å². The highest BCUT2D eigenvalue weighted by atomic mass is 79.9. The largest absolute Gasteiger partial charge is 0.348 e.